The molecule has 1 heterocycles. The van der Waals surface area contributed by atoms with Gasteiger partial charge in [0.05, 0.1) is 12.3 Å². The van der Waals surface area contributed by atoms with E-state index in [1.807, 2.05) is 11.7 Å². The summed E-state index contributed by atoms with van der Waals surface area (Å²) in [6.07, 6.45) is 3.44. The molecule has 1 aromatic rings. The molecule has 0 radical (unpaired) electrons. The summed E-state index contributed by atoms with van der Waals surface area (Å²) in [5.41, 5.74) is 8.11. The average Bonchev–Trinajstić information content (AvgIpc) is 3.12. The molecule has 0 unspecified atom stereocenters. The Morgan fingerprint density at radius 1 is 1.50 bits per heavy atom. The number of hydrogen-bond donors (Lipinski definition) is 1. The highest BCUT2D eigenvalue weighted by molar-refractivity contribution is 5.52. The predicted molar refractivity (Wildman–Crippen MR) is 72.9 cm³/mol. The molecule has 0 aromatic carbocycles. The zero-order chi connectivity index (χ0) is 13.1. The lowest BCUT2D eigenvalue weighted by Gasteiger charge is -2.25. The molecule has 0 bridgehead atoms. The van der Waals surface area contributed by atoms with Gasteiger partial charge in [0.15, 0.2) is 0 Å². The molecule has 18 heavy (non-hydrogen) atoms. The molecule has 1 aromatic heterocycles. The normalized spacial score (nSPS) is 15.1. The molecule has 5 nitrogen and oxygen atoms in total. The van der Waals surface area contributed by atoms with E-state index >= 15 is 0 Å². The molecule has 5 heteroatoms. The van der Waals surface area contributed by atoms with Crippen LogP contribution in [-0.2, 0) is 18.2 Å². The Morgan fingerprint density at radius 2 is 2.22 bits per heavy atom. The van der Waals surface area contributed by atoms with Crippen molar-refractivity contribution in [3.63, 3.8) is 0 Å². The molecule has 0 atom stereocenters. The fourth-order valence-corrected chi connectivity index (χ4v) is 2.52. The topological polar surface area (TPSA) is 56.3 Å². The molecule has 0 saturated heterocycles. The second-order valence-corrected chi connectivity index (χ2v) is 4.97. The Hall–Kier alpha value is -1.07. The minimum atomic E-state index is 0.659. The van der Waals surface area contributed by atoms with E-state index in [-0.39, 0.29) is 0 Å². The van der Waals surface area contributed by atoms with E-state index in [9.17, 15) is 0 Å². The quantitative estimate of drug-likeness (QED) is 0.781. The summed E-state index contributed by atoms with van der Waals surface area (Å²) in [6.45, 7) is 4.42. The predicted octanol–water partition coefficient (Wildman–Crippen LogP) is 0.845. The molecule has 0 aliphatic heterocycles. The number of rotatable bonds is 7. The number of methoxy groups -OCH3 is 1. The first-order chi connectivity index (χ1) is 8.69. The van der Waals surface area contributed by atoms with Gasteiger partial charge in [0, 0.05) is 32.3 Å². The fraction of sp³-hybridized carbons (Fsp3) is 0.769. The number of nitrogens with two attached hydrogens (primary N) is 1. The Balaban J connectivity index is 2.27. The van der Waals surface area contributed by atoms with Crippen LogP contribution in [0.2, 0.25) is 0 Å². The molecule has 0 spiro atoms. The second-order valence-electron chi connectivity index (χ2n) is 4.97. The zero-order valence-electron chi connectivity index (χ0n) is 11.6. The first-order valence-corrected chi connectivity index (χ1v) is 6.67. The lowest BCUT2D eigenvalue weighted by molar-refractivity contribution is 0.204. The lowest BCUT2D eigenvalue weighted by atomic mass is 10.1. The summed E-state index contributed by atoms with van der Waals surface area (Å²) >= 11 is 0. The smallest absolute Gasteiger partial charge is 0.130 e. The first kappa shape index (κ1) is 13.4. The van der Waals surface area contributed by atoms with Crippen LogP contribution < -0.4 is 10.6 Å². The van der Waals surface area contributed by atoms with Gasteiger partial charge in [0.25, 0.3) is 0 Å². The molecule has 1 aliphatic rings. The van der Waals surface area contributed by atoms with E-state index in [1.165, 1.54) is 24.2 Å². The van der Waals surface area contributed by atoms with Crippen molar-refractivity contribution < 1.29 is 4.74 Å². The van der Waals surface area contributed by atoms with Crippen LogP contribution in [0.15, 0.2) is 0 Å². The molecule has 2 rings (SSSR count). The maximum atomic E-state index is 5.72. The van der Waals surface area contributed by atoms with Crippen molar-refractivity contribution in [3.8, 4) is 0 Å². The average molecular weight is 252 g/mol. The number of aryl methyl sites for hydroxylation is 2. The van der Waals surface area contributed by atoms with Crippen molar-refractivity contribution in [1.82, 2.24) is 9.78 Å². The third-order valence-electron chi connectivity index (χ3n) is 3.50. The first-order valence-electron chi connectivity index (χ1n) is 6.67. The van der Waals surface area contributed by atoms with E-state index in [2.05, 4.69) is 16.9 Å². The van der Waals surface area contributed by atoms with E-state index in [1.54, 1.807) is 7.11 Å². The molecule has 102 valence electrons. The molecule has 0 amide bonds. The lowest BCUT2D eigenvalue weighted by Crippen LogP contribution is -2.32. The van der Waals surface area contributed by atoms with E-state index in [4.69, 9.17) is 10.5 Å². The highest BCUT2D eigenvalue weighted by Crippen LogP contribution is 2.34. The summed E-state index contributed by atoms with van der Waals surface area (Å²) in [7, 11) is 3.77. The van der Waals surface area contributed by atoms with Gasteiger partial charge in [-0.05, 0) is 32.7 Å². The standard InChI is InChI=1S/C13H24N4O/c1-10-12(6-7-14)13(16(2)15-10)17(8-9-18-3)11-4-5-11/h11H,4-9,14H2,1-3H3. The van der Waals surface area contributed by atoms with Gasteiger partial charge >= 0.3 is 0 Å². The Labute approximate surface area is 109 Å². The van der Waals surface area contributed by atoms with Crippen molar-refractivity contribution in [2.75, 3.05) is 31.7 Å². The van der Waals surface area contributed by atoms with Crippen LogP contribution in [0, 0.1) is 6.92 Å². The maximum absolute atomic E-state index is 5.72. The van der Waals surface area contributed by atoms with Crippen LogP contribution in [0.3, 0.4) is 0 Å². The largest absolute Gasteiger partial charge is 0.383 e. The monoisotopic (exact) mass is 252 g/mol. The SMILES string of the molecule is COCCN(c1c(CCN)c(C)nn1C)C1CC1. The molecule has 1 saturated carbocycles. The zero-order valence-corrected chi connectivity index (χ0v) is 11.6. The van der Waals surface area contributed by atoms with Gasteiger partial charge in [-0.2, -0.15) is 5.10 Å². The second kappa shape index (κ2) is 5.71. The van der Waals surface area contributed by atoms with Gasteiger partial charge in [0.2, 0.25) is 0 Å². The van der Waals surface area contributed by atoms with Crippen LogP contribution in [0.4, 0.5) is 5.82 Å². The summed E-state index contributed by atoms with van der Waals surface area (Å²) in [5, 5.41) is 4.55. The van der Waals surface area contributed by atoms with Crippen LogP contribution in [-0.4, -0.2) is 42.6 Å². The van der Waals surface area contributed by atoms with Gasteiger partial charge in [-0.25, -0.2) is 0 Å². The number of hydrogen-bond acceptors (Lipinski definition) is 4. The molecule has 1 aliphatic carbocycles. The van der Waals surface area contributed by atoms with Crippen molar-refractivity contribution in [2.24, 2.45) is 12.8 Å². The van der Waals surface area contributed by atoms with E-state index in [0.29, 0.717) is 12.6 Å². The Kier molecular flexibility index (Phi) is 4.24. The van der Waals surface area contributed by atoms with E-state index < -0.39 is 0 Å². The van der Waals surface area contributed by atoms with Crippen LogP contribution >= 0.6 is 0 Å². The number of aromatic nitrogens is 2. The van der Waals surface area contributed by atoms with Crippen LogP contribution in [0.25, 0.3) is 0 Å². The summed E-state index contributed by atoms with van der Waals surface area (Å²) < 4.78 is 7.22. The molecular weight excluding hydrogens is 228 g/mol. The molecule has 2 N–H and O–H groups in total. The number of nitrogens with zero attached hydrogens (tertiary/aromatic N) is 3. The van der Waals surface area contributed by atoms with Crippen molar-refractivity contribution in [2.45, 2.75) is 32.2 Å². The summed E-state index contributed by atoms with van der Waals surface area (Å²) in [6, 6.07) is 0.659. The summed E-state index contributed by atoms with van der Waals surface area (Å²) in [4.78, 5) is 2.44. The summed E-state index contributed by atoms with van der Waals surface area (Å²) in [5.74, 6) is 1.23. The number of anilines is 1. The number of ether oxygens (including phenoxy) is 1. The fourth-order valence-electron chi connectivity index (χ4n) is 2.52. The van der Waals surface area contributed by atoms with E-state index in [0.717, 1.165) is 25.3 Å². The maximum Gasteiger partial charge on any atom is 0.130 e. The van der Waals surface area contributed by atoms with Gasteiger partial charge in [-0.1, -0.05) is 0 Å². The third-order valence-corrected chi connectivity index (χ3v) is 3.50. The Morgan fingerprint density at radius 3 is 2.78 bits per heavy atom. The third kappa shape index (κ3) is 2.67. The molecular formula is C13H24N4O. The van der Waals surface area contributed by atoms with Crippen molar-refractivity contribution >= 4 is 5.82 Å². The van der Waals surface area contributed by atoms with Crippen molar-refractivity contribution in [1.29, 1.82) is 0 Å². The van der Waals surface area contributed by atoms with Gasteiger partial charge in [-0.3, -0.25) is 4.68 Å². The van der Waals surface area contributed by atoms with Gasteiger partial charge < -0.3 is 15.4 Å². The highest BCUT2D eigenvalue weighted by Gasteiger charge is 2.32. The highest BCUT2D eigenvalue weighted by atomic mass is 16.5. The van der Waals surface area contributed by atoms with Gasteiger partial charge in [-0.15, -0.1) is 0 Å². The van der Waals surface area contributed by atoms with Crippen molar-refractivity contribution in [3.05, 3.63) is 11.3 Å². The Bertz CT molecular complexity index is 398. The van der Waals surface area contributed by atoms with Gasteiger partial charge in [0.1, 0.15) is 5.82 Å². The minimum absolute atomic E-state index is 0.659. The van der Waals surface area contributed by atoms with Crippen LogP contribution in [0.5, 0.6) is 0 Å². The minimum Gasteiger partial charge on any atom is -0.383 e. The van der Waals surface area contributed by atoms with Crippen LogP contribution in [0.1, 0.15) is 24.1 Å². The molecule has 1 fully saturated rings.